The van der Waals surface area contributed by atoms with Gasteiger partial charge in [0.1, 0.15) is 6.04 Å². The zero-order chi connectivity index (χ0) is 10.2. The van der Waals surface area contributed by atoms with E-state index in [1.807, 2.05) is 0 Å². The molecule has 1 fully saturated rings. The fourth-order valence-corrected chi connectivity index (χ4v) is 1.64. The molecule has 0 bridgehead atoms. The van der Waals surface area contributed by atoms with Crippen molar-refractivity contribution in [2.45, 2.75) is 6.04 Å². The molecule has 1 rings (SSSR count). The van der Waals surface area contributed by atoms with Gasteiger partial charge in [0, 0.05) is 18.4 Å². The lowest BCUT2D eigenvalue weighted by Crippen LogP contribution is -2.34. The summed E-state index contributed by atoms with van der Waals surface area (Å²) in [5.41, 5.74) is 5.24. The summed E-state index contributed by atoms with van der Waals surface area (Å²) < 4.78 is 0. The number of nitrogens with two attached hydrogens (primary N) is 1. The number of hydrogen-bond donors (Lipinski definition) is 4. The van der Waals surface area contributed by atoms with E-state index in [-0.39, 0.29) is 6.61 Å². The predicted octanol–water partition coefficient (Wildman–Crippen LogP) is -1.66. The van der Waals surface area contributed by atoms with Crippen LogP contribution in [-0.4, -0.2) is 39.9 Å². The molecule has 0 amide bonds. The smallest absolute Gasteiger partial charge is 0.320 e. The van der Waals surface area contributed by atoms with Crippen LogP contribution in [0.4, 0.5) is 0 Å². The Kier molecular flexibility index (Phi) is 2.53. The first-order valence-corrected chi connectivity index (χ1v) is 3.82. The van der Waals surface area contributed by atoms with E-state index >= 15 is 0 Å². The molecule has 1 aliphatic rings. The quantitative estimate of drug-likeness (QED) is 0.420. The third-order valence-corrected chi connectivity index (χ3v) is 2.43. The largest absolute Gasteiger partial charge is 0.481 e. The summed E-state index contributed by atoms with van der Waals surface area (Å²) in [6.07, 6.45) is 0. The first kappa shape index (κ1) is 9.94. The summed E-state index contributed by atoms with van der Waals surface area (Å²) in [6, 6.07) is -1.20. The number of aliphatic hydroxyl groups is 1. The molecule has 1 saturated carbocycles. The highest BCUT2D eigenvalue weighted by Gasteiger charge is 2.59. The Bertz CT molecular complexity index is 241. The van der Waals surface area contributed by atoms with Gasteiger partial charge in [-0.1, -0.05) is 0 Å². The van der Waals surface area contributed by atoms with E-state index in [9.17, 15) is 9.59 Å². The maximum atomic E-state index is 10.5. The Morgan fingerprint density at radius 3 is 2.15 bits per heavy atom. The van der Waals surface area contributed by atoms with Crippen molar-refractivity contribution >= 4 is 11.9 Å². The fraction of sp³-hybridized carbons (Fsp3) is 0.714. The minimum Gasteiger partial charge on any atom is -0.481 e. The standard InChI is InChI=1S/C7H11NO5/c8-5(7(12)13)3-2(1-9)4(3)6(10)11/h2-5,9H,1,8H2,(H,10,11)(H,12,13)/t2?,3?,4?,5-/m1/s1. The number of aliphatic hydroxyl groups excluding tert-OH is 1. The van der Waals surface area contributed by atoms with E-state index in [4.69, 9.17) is 21.1 Å². The molecule has 74 valence electrons. The van der Waals surface area contributed by atoms with Gasteiger partial charge >= 0.3 is 11.9 Å². The van der Waals surface area contributed by atoms with Crippen LogP contribution in [0.2, 0.25) is 0 Å². The zero-order valence-corrected chi connectivity index (χ0v) is 6.75. The monoisotopic (exact) mass is 189 g/mol. The molecule has 0 heterocycles. The number of carboxylic acids is 2. The lowest BCUT2D eigenvalue weighted by molar-refractivity contribution is -0.140. The zero-order valence-electron chi connectivity index (χ0n) is 6.75. The maximum Gasteiger partial charge on any atom is 0.320 e. The number of carboxylic acid groups (broad SMARTS) is 2. The highest BCUT2D eigenvalue weighted by atomic mass is 16.4. The molecule has 0 saturated heterocycles. The number of aliphatic carboxylic acids is 2. The van der Waals surface area contributed by atoms with Crippen LogP contribution in [-0.2, 0) is 9.59 Å². The molecule has 3 unspecified atom stereocenters. The molecular formula is C7H11NO5. The van der Waals surface area contributed by atoms with Crippen molar-refractivity contribution in [1.29, 1.82) is 0 Å². The molecule has 5 N–H and O–H groups in total. The molecule has 1 aliphatic carbocycles. The Morgan fingerprint density at radius 1 is 1.38 bits per heavy atom. The summed E-state index contributed by atoms with van der Waals surface area (Å²) in [5.74, 6) is -4.28. The van der Waals surface area contributed by atoms with Crippen molar-refractivity contribution in [3.8, 4) is 0 Å². The van der Waals surface area contributed by atoms with E-state index in [2.05, 4.69) is 0 Å². The molecule has 4 atom stereocenters. The molecule has 0 aromatic carbocycles. The average Bonchev–Trinajstić information content (AvgIpc) is 2.76. The Morgan fingerprint density at radius 2 is 1.92 bits per heavy atom. The minimum absolute atomic E-state index is 0.331. The van der Waals surface area contributed by atoms with Crippen molar-refractivity contribution in [2.75, 3.05) is 6.61 Å². The van der Waals surface area contributed by atoms with E-state index in [0.717, 1.165) is 0 Å². The second kappa shape index (κ2) is 3.31. The molecular weight excluding hydrogens is 178 g/mol. The summed E-state index contributed by atoms with van der Waals surface area (Å²) in [7, 11) is 0. The molecule has 13 heavy (non-hydrogen) atoms. The van der Waals surface area contributed by atoms with Gasteiger partial charge in [0.25, 0.3) is 0 Å². The van der Waals surface area contributed by atoms with Crippen LogP contribution >= 0.6 is 0 Å². The molecule has 0 aromatic rings. The van der Waals surface area contributed by atoms with Crippen LogP contribution in [0.3, 0.4) is 0 Å². The fourth-order valence-electron chi connectivity index (χ4n) is 1.64. The van der Waals surface area contributed by atoms with Crippen LogP contribution in [0.5, 0.6) is 0 Å². The summed E-state index contributed by atoms with van der Waals surface area (Å²) in [6.45, 7) is -0.331. The van der Waals surface area contributed by atoms with Crippen molar-refractivity contribution < 1.29 is 24.9 Å². The Labute approximate surface area is 74.0 Å². The van der Waals surface area contributed by atoms with Gasteiger partial charge in [0.05, 0.1) is 5.92 Å². The van der Waals surface area contributed by atoms with Crippen LogP contribution in [0, 0.1) is 17.8 Å². The van der Waals surface area contributed by atoms with Crippen molar-refractivity contribution in [3.05, 3.63) is 0 Å². The second-order valence-corrected chi connectivity index (χ2v) is 3.15. The summed E-state index contributed by atoms with van der Waals surface area (Å²) in [4.78, 5) is 20.9. The van der Waals surface area contributed by atoms with Gasteiger partial charge in [-0.25, -0.2) is 0 Å². The summed E-state index contributed by atoms with van der Waals surface area (Å²) >= 11 is 0. The van der Waals surface area contributed by atoms with Crippen molar-refractivity contribution in [1.82, 2.24) is 0 Å². The topological polar surface area (TPSA) is 121 Å². The lowest BCUT2D eigenvalue weighted by atomic mass is 10.1. The lowest BCUT2D eigenvalue weighted by Gasteiger charge is -2.03. The van der Waals surface area contributed by atoms with Gasteiger partial charge in [-0.2, -0.15) is 0 Å². The third-order valence-electron chi connectivity index (χ3n) is 2.43. The molecule has 0 radical (unpaired) electrons. The minimum atomic E-state index is -1.23. The number of hydrogen-bond acceptors (Lipinski definition) is 4. The average molecular weight is 189 g/mol. The van der Waals surface area contributed by atoms with Gasteiger partial charge < -0.3 is 21.1 Å². The van der Waals surface area contributed by atoms with Crippen LogP contribution in [0.1, 0.15) is 0 Å². The molecule has 6 heteroatoms. The van der Waals surface area contributed by atoms with Crippen LogP contribution < -0.4 is 5.73 Å². The van der Waals surface area contributed by atoms with Crippen molar-refractivity contribution in [2.24, 2.45) is 23.5 Å². The molecule has 0 aromatic heterocycles. The van der Waals surface area contributed by atoms with Gasteiger partial charge in [-0.3, -0.25) is 9.59 Å². The van der Waals surface area contributed by atoms with E-state index < -0.39 is 35.7 Å². The SMILES string of the molecule is N[C@@H](C(=O)O)C1C(CO)C1C(=O)O. The van der Waals surface area contributed by atoms with E-state index in [1.54, 1.807) is 0 Å². The highest BCUT2D eigenvalue weighted by molar-refractivity contribution is 5.80. The predicted molar refractivity (Wildman–Crippen MR) is 40.8 cm³/mol. The van der Waals surface area contributed by atoms with Crippen LogP contribution in [0.25, 0.3) is 0 Å². The Hall–Kier alpha value is -1.14. The maximum absolute atomic E-state index is 10.5. The van der Waals surface area contributed by atoms with Crippen molar-refractivity contribution in [3.63, 3.8) is 0 Å². The van der Waals surface area contributed by atoms with Gasteiger partial charge in [0.2, 0.25) is 0 Å². The molecule has 6 nitrogen and oxygen atoms in total. The van der Waals surface area contributed by atoms with E-state index in [1.165, 1.54) is 0 Å². The third kappa shape index (κ3) is 1.63. The summed E-state index contributed by atoms with van der Waals surface area (Å²) in [5, 5.41) is 25.8. The molecule has 0 spiro atoms. The first-order chi connectivity index (χ1) is 6.00. The highest BCUT2D eigenvalue weighted by Crippen LogP contribution is 2.47. The van der Waals surface area contributed by atoms with Gasteiger partial charge in [0.15, 0.2) is 0 Å². The van der Waals surface area contributed by atoms with Crippen LogP contribution in [0.15, 0.2) is 0 Å². The second-order valence-electron chi connectivity index (χ2n) is 3.15. The molecule has 0 aliphatic heterocycles. The number of rotatable bonds is 4. The Balaban J connectivity index is 2.63. The van der Waals surface area contributed by atoms with Gasteiger partial charge in [-0.15, -0.1) is 0 Å². The van der Waals surface area contributed by atoms with E-state index in [0.29, 0.717) is 0 Å². The first-order valence-electron chi connectivity index (χ1n) is 3.82. The normalized spacial score (nSPS) is 33.8. The number of carbonyl (C=O) groups is 2. The van der Waals surface area contributed by atoms with Gasteiger partial charge in [-0.05, 0) is 0 Å².